The van der Waals surface area contributed by atoms with Gasteiger partial charge in [0.2, 0.25) is 10.0 Å². The zero-order chi connectivity index (χ0) is 20.7. The van der Waals surface area contributed by atoms with Gasteiger partial charge in [-0.05, 0) is 39.0 Å². The molecule has 1 aromatic rings. The van der Waals surface area contributed by atoms with Gasteiger partial charge < -0.3 is 15.0 Å². The number of anilines is 1. The number of amides is 1. The Balaban J connectivity index is 1.76. The van der Waals surface area contributed by atoms with Crippen molar-refractivity contribution in [2.24, 2.45) is 4.40 Å². The Bertz CT molecular complexity index is 1020. The maximum atomic E-state index is 12.9. The molecule has 1 amide bonds. The normalized spacial score (nSPS) is 19.6. The van der Waals surface area contributed by atoms with Crippen LogP contribution in [0.15, 0.2) is 32.4 Å². The molecule has 28 heavy (non-hydrogen) atoms. The second-order valence-electron chi connectivity index (χ2n) is 7.38. The first kappa shape index (κ1) is 20.6. The minimum absolute atomic E-state index is 0.0851. The molecule has 10 nitrogen and oxygen atoms in total. The van der Waals surface area contributed by atoms with Gasteiger partial charge >= 0.3 is 6.09 Å². The van der Waals surface area contributed by atoms with Crippen molar-refractivity contribution in [1.82, 2.24) is 9.21 Å². The molecule has 0 aromatic heterocycles. The van der Waals surface area contributed by atoms with Gasteiger partial charge in [-0.2, -0.15) is 12.7 Å². The van der Waals surface area contributed by atoms with Crippen LogP contribution in [0.2, 0.25) is 0 Å². The van der Waals surface area contributed by atoms with Gasteiger partial charge in [0.25, 0.3) is 10.0 Å². The molecule has 0 bridgehead atoms. The van der Waals surface area contributed by atoms with E-state index in [2.05, 4.69) is 9.71 Å². The molecule has 2 aliphatic rings. The first-order valence-corrected chi connectivity index (χ1v) is 11.5. The van der Waals surface area contributed by atoms with Gasteiger partial charge in [0.05, 0.1) is 10.6 Å². The van der Waals surface area contributed by atoms with Crippen molar-refractivity contribution in [3.05, 3.63) is 18.2 Å². The molecule has 0 unspecified atom stereocenters. The van der Waals surface area contributed by atoms with Gasteiger partial charge in [-0.25, -0.2) is 13.2 Å². The second-order valence-corrected chi connectivity index (χ2v) is 10.9. The van der Waals surface area contributed by atoms with E-state index in [-0.39, 0.29) is 41.7 Å². The molecule has 1 N–H and O–H groups in total. The van der Waals surface area contributed by atoms with Crippen LogP contribution in [0.25, 0.3) is 0 Å². The van der Waals surface area contributed by atoms with Gasteiger partial charge in [-0.1, -0.05) is 0 Å². The number of piperazine rings is 1. The highest BCUT2D eigenvalue weighted by Crippen LogP contribution is 2.30. The quantitative estimate of drug-likeness (QED) is 0.744. The fourth-order valence-electron chi connectivity index (χ4n) is 2.80. The van der Waals surface area contributed by atoms with Crippen molar-refractivity contribution in [3.63, 3.8) is 0 Å². The summed E-state index contributed by atoms with van der Waals surface area (Å²) in [5.74, 6) is 0. The first-order valence-electron chi connectivity index (χ1n) is 8.58. The Morgan fingerprint density at radius 1 is 1.18 bits per heavy atom. The van der Waals surface area contributed by atoms with Gasteiger partial charge in [-0.15, -0.1) is 4.40 Å². The third-order valence-electron chi connectivity index (χ3n) is 4.17. The van der Waals surface area contributed by atoms with E-state index in [0.717, 1.165) is 12.4 Å². The van der Waals surface area contributed by atoms with Crippen LogP contribution >= 0.6 is 0 Å². The highest BCUT2D eigenvalue weighted by Gasteiger charge is 2.33. The third kappa shape index (κ3) is 4.13. The highest BCUT2D eigenvalue weighted by molar-refractivity contribution is 7.91. The van der Waals surface area contributed by atoms with Crippen molar-refractivity contribution in [3.8, 4) is 0 Å². The van der Waals surface area contributed by atoms with Crippen LogP contribution in [0, 0.1) is 0 Å². The summed E-state index contributed by atoms with van der Waals surface area (Å²) in [5, 5.41) is 2.68. The molecule has 0 saturated carbocycles. The summed E-state index contributed by atoms with van der Waals surface area (Å²) in [6, 6.07) is 3.84. The van der Waals surface area contributed by atoms with E-state index in [9.17, 15) is 21.6 Å². The number of ether oxygens (including phenoxy) is 1. The fourth-order valence-corrected chi connectivity index (χ4v) is 5.31. The molecule has 12 heteroatoms. The maximum Gasteiger partial charge on any atom is 0.410 e. The molecule has 3 rings (SSSR count). The molecule has 0 spiro atoms. The molecular weight excluding hydrogens is 408 g/mol. The molecule has 2 aliphatic heterocycles. The number of hydrogen-bond donors (Lipinski definition) is 1. The van der Waals surface area contributed by atoms with Crippen molar-refractivity contribution in [2.75, 3.05) is 31.5 Å². The molecule has 0 radical (unpaired) electrons. The number of nitrogens with one attached hydrogen (secondary N) is 1. The summed E-state index contributed by atoms with van der Waals surface area (Å²) in [5.41, 5.74) is -0.366. The topological polar surface area (TPSA) is 125 Å². The fraction of sp³-hybridized carbons (Fsp3) is 0.500. The van der Waals surface area contributed by atoms with Crippen molar-refractivity contribution in [1.29, 1.82) is 0 Å². The Hall–Kier alpha value is -2.18. The van der Waals surface area contributed by atoms with Crippen molar-refractivity contribution in [2.45, 2.75) is 36.2 Å². The first-order chi connectivity index (χ1) is 12.9. The monoisotopic (exact) mass is 430 g/mol. The Labute approximate surface area is 164 Å². The summed E-state index contributed by atoms with van der Waals surface area (Å²) >= 11 is 0. The zero-order valence-corrected chi connectivity index (χ0v) is 17.4. The number of hydrogen-bond acceptors (Lipinski definition) is 7. The van der Waals surface area contributed by atoms with Crippen LogP contribution in [0.1, 0.15) is 20.8 Å². The number of rotatable bonds is 2. The average molecular weight is 431 g/mol. The number of fused-ring (bicyclic) bond motifs is 1. The summed E-state index contributed by atoms with van der Waals surface area (Å²) in [7, 11) is -7.86. The Morgan fingerprint density at radius 2 is 1.82 bits per heavy atom. The average Bonchev–Trinajstić information content (AvgIpc) is 2.60. The predicted molar refractivity (Wildman–Crippen MR) is 102 cm³/mol. The van der Waals surface area contributed by atoms with E-state index in [4.69, 9.17) is 4.74 Å². The molecule has 1 aromatic carbocycles. The summed E-state index contributed by atoms with van der Waals surface area (Å²) in [4.78, 5) is 13.2. The Kier molecular flexibility index (Phi) is 5.15. The van der Waals surface area contributed by atoms with Gasteiger partial charge in [-0.3, -0.25) is 0 Å². The van der Waals surface area contributed by atoms with Crippen molar-refractivity contribution >= 4 is 38.2 Å². The SMILES string of the molecule is CC(C)(C)OC(=O)N1CCN(S(=O)(=O)c2ccc3c(c2)S(=O)(=O)N=CN3)CC1. The van der Waals surface area contributed by atoms with E-state index in [1.54, 1.807) is 20.8 Å². The van der Waals surface area contributed by atoms with E-state index < -0.39 is 31.7 Å². The van der Waals surface area contributed by atoms with E-state index in [0.29, 0.717) is 0 Å². The van der Waals surface area contributed by atoms with Crippen LogP contribution in [-0.2, 0) is 24.8 Å². The molecule has 1 fully saturated rings. The van der Waals surface area contributed by atoms with Crippen LogP contribution in [0.3, 0.4) is 0 Å². The highest BCUT2D eigenvalue weighted by atomic mass is 32.2. The lowest BCUT2D eigenvalue weighted by atomic mass is 10.2. The van der Waals surface area contributed by atoms with E-state index in [1.807, 2.05) is 0 Å². The lowest BCUT2D eigenvalue weighted by Gasteiger charge is -2.35. The largest absolute Gasteiger partial charge is 0.444 e. The van der Waals surface area contributed by atoms with Gasteiger partial charge in [0.1, 0.15) is 16.8 Å². The lowest BCUT2D eigenvalue weighted by molar-refractivity contribution is 0.0192. The minimum atomic E-state index is -3.94. The smallest absolute Gasteiger partial charge is 0.410 e. The number of benzene rings is 1. The number of nitrogens with zero attached hydrogens (tertiary/aromatic N) is 3. The molecule has 1 saturated heterocycles. The minimum Gasteiger partial charge on any atom is -0.444 e. The predicted octanol–water partition coefficient (Wildman–Crippen LogP) is 1.07. The second kappa shape index (κ2) is 7.01. The molecule has 154 valence electrons. The standard InChI is InChI=1S/C16H22N4O6S2/c1-16(2,3)26-15(21)19-6-8-20(9-7-19)28(24,25)12-4-5-13-14(10-12)27(22,23)18-11-17-13/h4-5,10-11H,6-9H2,1-3H3,(H,17,18). The Morgan fingerprint density at radius 3 is 2.43 bits per heavy atom. The van der Waals surface area contributed by atoms with Crippen molar-refractivity contribution < 1.29 is 26.4 Å². The summed E-state index contributed by atoms with van der Waals surface area (Å²) < 4.78 is 59.9. The zero-order valence-electron chi connectivity index (χ0n) is 15.7. The van der Waals surface area contributed by atoms with Crippen LogP contribution < -0.4 is 5.32 Å². The summed E-state index contributed by atoms with van der Waals surface area (Å²) in [6.07, 6.45) is 0.551. The van der Waals surface area contributed by atoms with Crippen LogP contribution in [0.4, 0.5) is 10.5 Å². The molecular formula is C16H22N4O6S2. The number of sulfonamides is 2. The van der Waals surface area contributed by atoms with Crippen LogP contribution in [-0.4, -0.2) is 70.3 Å². The van der Waals surface area contributed by atoms with Gasteiger partial charge in [0.15, 0.2) is 0 Å². The van der Waals surface area contributed by atoms with E-state index in [1.165, 1.54) is 21.3 Å². The third-order valence-corrected chi connectivity index (χ3v) is 7.34. The van der Waals surface area contributed by atoms with E-state index >= 15 is 0 Å². The lowest BCUT2D eigenvalue weighted by Crippen LogP contribution is -2.51. The molecule has 0 atom stereocenters. The van der Waals surface area contributed by atoms with Crippen LogP contribution in [0.5, 0.6) is 0 Å². The molecule has 2 heterocycles. The maximum absolute atomic E-state index is 12.9. The summed E-state index contributed by atoms with van der Waals surface area (Å²) in [6.45, 7) is 5.81. The number of carbonyl (C=O) groups excluding carboxylic acids is 1. The molecule has 0 aliphatic carbocycles. The van der Waals surface area contributed by atoms with Gasteiger partial charge in [0, 0.05) is 26.2 Å². The number of carbonyl (C=O) groups is 1.